The average Bonchev–Trinajstić information content (AvgIpc) is 2.36. The van der Waals surface area contributed by atoms with Crippen molar-refractivity contribution in [3.8, 4) is 0 Å². The third-order valence-corrected chi connectivity index (χ3v) is 2.37. The van der Waals surface area contributed by atoms with Crippen molar-refractivity contribution in [3.05, 3.63) is 35.4 Å². The fourth-order valence-electron chi connectivity index (χ4n) is 1.39. The Balaban J connectivity index is 0.00000289. The summed E-state index contributed by atoms with van der Waals surface area (Å²) in [5.74, 6) is -4.24. The number of hydrogen-bond acceptors (Lipinski definition) is 4. The summed E-state index contributed by atoms with van der Waals surface area (Å²) in [7, 11) is 1.15. The van der Waals surface area contributed by atoms with Crippen LogP contribution in [-0.2, 0) is 4.74 Å². The van der Waals surface area contributed by atoms with Crippen LogP contribution in [0.2, 0.25) is 0 Å². The summed E-state index contributed by atoms with van der Waals surface area (Å²) in [6, 6.07) is 3.88. The summed E-state index contributed by atoms with van der Waals surface area (Å²) < 4.78 is 31.0. The van der Waals surface area contributed by atoms with E-state index in [1.807, 2.05) is 0 Å². The predicted molar refractivity (Wildman–Crippen MR) is 64.0 cm³/mol. The highest BCUT2D eigenvalue weighted by Gasteiger charge is 2.39. The molecule has 0 aliphatic rings. The van der Waals surface area contributed by atoms with Crippen LogP contribution in [0.1, 0.15) is 22.0 Å². The van der Waals surface area contributed by atoms with Gasteiger partial charge in [-0.3, -0.25) is 0 Å². The molecular formula is C11H14ClF2NO3. The Bertz CT molecular complexity index is 415. The topological polar surface area (TPSA) is 72.5 Å². The molecule has 0 radical (unpaired) electrons. The molecule has 1 aromatic rings. The maximum absolute atomic E-state index is 13.3. The highest BCUT2D eigenvalue weighted by molar-refractivity contribution is 5.91. The number of carbonyl (C=O) groups is 1. The number of nitrogens with two attached hydrogens (primary N) is 1. The van der Waals surface area contributed by atoms with E-state index in [-0.39, 0.29) is 23.5 Å². The van der Waals surface area contributed by atoms with E-state index in [0.717, 1.165) is 7.11 Å². The van der Waals surface area contributed by atoms with Crippen LogP contribution in [0.4, 0.5) is 8.78 Å². The number of aliphatic hydroxyl groups excluding tert-OH is 1. The molecular weight excluding hydrogens is 268 g/mol. The minimum atomic E-state index is -3.50. The van der Waals surface area contributed by atoms with Crippen LogP contribution in [0.25, 0.3) is 0 Å². The van der Waals surface area contributed by atoms with Crippen molar-refractivity contribution in [2.24, 2.45) is 5.73 Å². The summed E-state index contributed by atoms with van der Waals surface area (Å²) in [4.78, 5) is 11.4. The number of halogens is 3. The van der Waals surface area contributed by atoms with Crippen LogP contribution in [-0.4, -0.2) is 30.7 Å². The summed E-state index contributed by atoms with van der Waals surface area (Å²) in [6.07, 6.45) is 0. The number of esters is 1. The van der Waals surface area contributed by atoms with Crippen molar-refractivity contribution in [3.63, 3.8) is 0 Å². The Morgan fingerprint density at radius 1 is 1.50 bits per heavy atom. The average molecular weight is 282 g/mol. The van der Waals surface area contributed by atoms with Gasteiger partial charge in [0.2, 0.25) is 0 Å². The second-order valence-electron chi connectivity index (χ2n) is 3.48. The maximum Gasteiger partial charge on any atom is 0.338 e. The Labute approximate surface area is 109 Å². The standard InChI is InChI=1S/C11H13F2NO3.ClH/c1-17-10(16)8-5-3-2-4-7(8)9(14)11(12,13)6-15;/h2-5,9,15H,6,14H2,1H3;1H/t9-;/m0./s1. The van der Waals surface area contributed by atoms with Crippen LogP contribution in [0.3, 0.4) is 0 Å². The molecule has 3 N–H and O–H groups in total. The van der Waals surface area contributed by atoms with Crippen LogP contribution in [0.15, 0.2) is 24.3 Å². The van der Waals surface area contributed by atoms with Gasteiger partial charge in [-0.15, -0.1) is 12.4 Å². The Morgan fingerprint density at radius 2 is 2.06 bits per heavy atom. The van der Waals surface area contributed by atoms with E-state index in [0.29, 0.717) is 0 Å². The molecule has 0 aliphatic heterocycles. The first-order valence-corrected chi connectivity index (χ1v) is 4.85. The number of methoxy groups -OCH3 is 1. The van der Waals surface area contributed by atoms with Crippen molar-refractivity contribution in [1.29, 1.82) is 0 Å². The molecule has 0 heterocycles. The summed E-state index contributed by atoms with van der Waals surface area (Å²) >= 11 is 0. The SMILES string of the molecule is COC(=O)c1ccccc1[C@H](N)C(F)(F)CO.Cl. The molecule has 0 spiro atoms. The summed E-state index contributed by atoms with van der Waals surface area (Å²) in [5, 5.41) is 8.57. The fourth-order valence-corrected chi connectivity index (χ4v) is 1.39. The quantitative estimate of drug-likeness (QED) is 0.821. The lowest BCUT2D eigenvalue weighted by molar-refractivity contribution is -0.0713. The monoisotopic (exact) mass is 281 g/mol. The van der Waals surface area contributed by atoms with Gasteiger partial charge in [-0.1, -0.05) is 18.2 Å². The van der Waals surface area contributed by atoms with Gasteiger partial charge in [0.25, 0.3) is 5.92 Å². The molecule has 0 bridgehead atoms. The van der Waals surface area contributed by atoms with Crippen molar-refractivity contribution >= 4 is 18.4 Å². The number of hydrogen-bond donors (Lipinski definition) is 2. The largest absolute Gasteiger partial charge is 0.465 e. The van der Waals surface area contributed by atoms with Gasteiger partial charge in [-0.25, -0.2) is 13.6 Å². The Hall–Kier alpha value is -1.24. The fraction of sp³-hybridized carbons (Fsp3) is 0.364. The number of rotatable bonds is 4. The normalized spacial score (nSPS) is 12.5. The number of alkyl halides is 2. The number of carbonyl (C=O) groups excluding carboxylic acids is 1. The van der Waals surface area contributed by atoms with Crippen LogP contribution in [0.5, 0.6) is 0 Å². The molecule has 0 saturated carbocycles. The lowest BCUT2D eigenvalue weighted by atomic mass is 9.96. The van der Waals surface area contributed by atoms with Crippen LogP contribution in [0, 0.1) is 0 Å². The smallest absolute Gasteiger partial charge is 0.338 e. The molecule has 102 valence electrons. The van der Waals surface area contributed by atoms with Crippen molar-refractivity contribution < 1.29 is 23.4 Å². The molecule has 0 saturated heterocycles. The second kappa shape index (κ2) is 6.63. The van der Waals surface area contributed by atoms with Gasteiger partial charge in [-0.2, -0.15) is 0 Å². The van der Waals surface area contributed by atoms with Gasteiger partial charge < -0.3 is 15.6 Å². The zero-order valence-corrected chi connectivity index (χ0v) is 10.4. The first-order chi connectivity index (χ1) is 7.94. The highest BCUT2D eigenvalue weighted by Crippen LogP contribution is 2.30. The van der Waals surface area contributed by atoms with E-state index < -0.39 is 24.5 Å². The zero-order chi connectivity index (χ0) is 13.1. The molecule has 0 unspecified atom stereocenters. The molecule has 1 atom stereocenters. The summed E-state index contributed by atoms with van der Waals surface area (Å²) in [6.45, 7) is -1.39. The van der Waals surface area contributed by atoms with Gasteiger partial charge in [0.05, 0.1) is 18.7 Å². The van der Waals surface area contributed by atoms with Gasteiger partial charge >= 0.3 is 5.97 Å². The number of aliphatic hydroxyl groups is 1. The van der Waals surface area contributed by atoms with E-state index in [9.17, 15) is 13.6 Å². The van der Waals surface area contributed by atoms with Crippen LogP contribution < -0.4 is 5.73 Å². The molecule has 7 heteroatoms. The Morgan fingerprint density at radius 3 is 2.56 bits per heavy atom. The van der Waals surface area contributed by atoms with Crippen LogP contribution >= 0.6 is 12.4 Å². The van der Waals surface area contributed by atoms with Crippen molar-refractivity contribution in [2.45, 2.75) is 12.0 Å². The molecule has 0 fully saturated rings. The lowest BCUT2D eigenvalue weighted by Gasteiger charge is -2.23. The number of ether oxygens (including phenoxy) is 1. The molecule has 4 nitrogen and oxygen atoms in total. The van der Waals surface area contributed by atoms with E-state index in [1.165, 1.54) is 24.3 Å². The van der Waals surface area contributed by atoms with E-state index in [2.05, 4.69) is 4.74 Å². The molecule has 1 aromatic carbocycles. The molecule has 0 aromatic heterocycles. The van der Waals surface area contributed by atoms with E-state index >= 15 is 0 Å². The minimum absolute atomic E-state index is 0. The van der Waals surface area contributed by atoms with Gasteiger partial charge in [0.1, 0.15) is 6.61 Å². The van der Waals surface area contributed by atoms with Crippen molar-refractivity contribution in [2.75, 3.05) is 13.7 Å². The molecule has 18 heavy (non-hydrogen) atoms. The molecule has 0 amide bonds. The second-order valence-corrected chi connectivity index (χ2v) is 3.48. The highest BCUT2D eigenvalue weighted by atomic mass is 35.5. The number of benzene rings is 1. The predicted octanol–water partition coefficient (Wildman–Crippen LogP) is 1.52. The third-order valence-electron chi connectivity index (χ3n) is 2.37. The minimum Gasteiger partial charge on any atom is -0.465 e. The molecule has 1 rings (SSSR count). The van der Waals surface area contributed by atoms with E-state index in [1.54, 1.807) is 0 Å². The first-order valence-electron chi connectivity index (χ1n) is 4.85. The van der Waals surface area contributed by atoms with Gasteiger partial charge in [0, 0.05) is 0 Å². The van der Waals surface area contributed by atoms with Gasteiger partial charge in [0.15, 0.2) is 0 Å². The maximum atomic E-state index is 13.3. The lowest BCUT2D eigenvalue weighted by Crippen LogP contribution is -2.37. The zero-order valence-electron chi connectivity index (χ0n) is 9.60. The van der Waals surface area contributed by atoms with Gasteiger partial charge in [-0.05, 0) is 11.6 Å². The Kier molecular flexibility index (Phi) is 6.17. The van der Waals surface area contributed by atoms with E-state index in [4.69, 9.17) is 10.8 Å². The third kappa shape index (κ3) is 3.38. The summed E-state index contributed by atoms with van der Waals surface area (Å²) in [5.41, 5.74) is 5.27. The molecule has 0 aliphatic carbocycles. The van der Waals surface area contributed by atoms with Crippen molar-refractivity contribution in [1.82, 2.24) is 0 Å². The first kappa shape index (κ1) is 16.8.